The standard InChI is InChI=1S/C9H4ClF5N2O/c1-2(10)9(18)17-16-8-6(14)4(12)3(11)5(13)7(8)15/h16H,1H2,(H,17,18). The van der Waals surface area contributed by atoms with Gasteiger partial charge in [0.05, 0.1) is 5.03 Å². The summed E-state index contributed by atoms with van der Waals surface area (Å²) in [6, 6.07) is 0. The third-order valence-corrected chi connectivity index (χ3v) is 1.93. The highest BCUT2D eigenvalue weighted by Crippen LogP contribution is 2.26. The van der Waals surface area contributed by atoms with Crippen LogP contribution in [0.2, 0.25) is 0 Å². The Labute approximate surface area is 102 Å². The van der Waals surface area contributed by atoms with Gasteiger partial charge in [-0.25, -0.2) is 22.0 Å². The van der Waals surface area contributed by atoms with Gasteiger partial charge in [0.2, 0.25) is 5.82 Å². The van der Waals surface area contributed by atoms with Crippen LogP contribution in [0.15, 0.2) is 11.6 Å². The molecule has 1 aromatic carbocycles. The predicted molar refractivity (Wildman–Crippen MR) is 53.0 cm³/mol. The van der Waals surface area contributed by atoms with E-state index in [1.54, 1.807) is 5.43 Å². The van der Waals surface area contributed by atoms with Crippen LogP contribution in [0.1, 0.15) is 0 Å². The lowest BCUT2D eigenvalue weighted by atomic mass is 10.2. The zero-order chi connectivity index (χ0) is 14.0. The topological polar surface area (TPSA) is 41.1 Å². The summed E-state index contributed by atoms with van der Waals surface area (Å²) in [6.07, 6.45) is 0. The van der Waals surface area contributed by atoms with Crippen LogP contribution in [0.25, 0.3) is 0 Å². The monoisotopic (exact) mass is 286 g/mol. The second kappa shape index (κ2) is 5.21. The summed E-state index contributed by atoms with van der Waals surface area (Å²) in [5, 5.41) is -0.550. The maximum Gasteiger partial charge on any atom is 0.280 e. The summed E-state index contributed by atoms with van der Waals surface area (Å²) in [5.74, 6) is -11.9. The van der Waals surface area contributed by atoms with Crippen molar-refractivity contribution in [1.29, 1.82) is 0 Å². The van der Waals surface area contributed by atoms with Gasteiger partial charge in [0.15, 0.2) is 23.3 Å². The van der Waals surface area contributed by atoms with Crippen molar-refractivity contribution in [1.82, 2.24) is 5.43 Å². The van der Waals surface area contributed by atoms with Gasteiger partial charge in [-0.1, -0.05) is 18.2 Å². The van der Waals surface area contributed by atoms with E-state index in [1.807, 2.05) is 0 Å². The zero-order valence-electron chi connectivity index (χ0n) is 8.38. The number of hydrogen-bond donors (Lipinski definition) is 2. The lowest BCUT2D eigenvalue weighted by molar-refractivity contribution is -0.116. The highest BCUT2D eigenvalue weighted by Gasteiger charge is 2.26. The number of nitrogens with one attached hydrogen (secondary N) is 2. The number of halogens is 6. The predicted octanol–water partition coefficient (Wildman–Crippen LogP) is 2.58. The van der Waals surface area contributed by atoms with Crippen LogP contribution in [-0.2, 0) is 4.79 Å². The Morgan fingerprint density at radius 3 is 1.72 bits per heavy atom. The molecule has 2 N–H and O–H groups in total. The van der Waals surface area contributed by atoms with E-state index in [-0.39, 0.29) is 0 Å². The highest BCUT2D eigenvalue weighted by atomic mass is 35.5. The minimum atomic E-state index is -2.30. The Balaban J connectivity index is 3.11. The number of benzene rings is 1. The van der Waals surface area contributed by atoms with Crippen molar-refractivity contribution >= 4 is 23.2 Å². The molecule has 0 fully saturated rings. The molecular formula is C9H4ClF5N2O. The molecule has 0 aliphatic carbocycles. The van der Waals surface area contributed by atoms with Crippen molar-refractivity contribution in [3.63, 3.8) is 0 Å². The number of anilines is 1. The van der Waals surface area contributed by atoms with E-state index in [0.717, 1.165) is 0 Å². The van der Waals surface area contributed by atoms with Crippen LogP contribution in [0, 0.1) is 29.1 Å². The van der Waals surface area contributed by atoms with Crippen molar-refractivity contribution in [2.75, 3.05) is 5.43 Å². The lowest BCUT2D eigenvalue weighted by Gasteiger charge is -2.11. The third kappa shape index (κ3) is 2.53. The minimum Gasteiger partial charge on any atom is -0.293 e. The fraction of sp³-hybridized carbons (Fsp3) is 0. The molecule has 0 atom stereocenters. The van der Waals surface area contributed by atoms with Gasteiger partial charge in [-0.2, -0.15) is 0 Å². The SMILES string of the molecule is C=C(Cl)C(=O)NNc1c(F)c(F)c(F)c(F)c1F. The van der Waals surface area contributed by atoms with Gasteiger partial charge < -0.3 is 0 Å². The molecule has 0 aromatic heterocycles. The first-order valence-electron chi connectivity index (χ1n) is 4.19. The van der Waals surface area contributed by atoms with E-state index in [4.69, 9.17) is 11.6 Å². The second-order valence-corrected chi connectivity index (χ2v) is 3.39. The zero-order valence-corrected chi connectivity index (χ0v) is 9.14. The fourth-order valence-corrected chi connectivity index (χ4v) is 0.949. The van der Waals surface area contributed by atoms with Crippen molar-refractivity contribution in [2.24, 2.45) is 0 Å². The lowest BCUT2D eigenvalue weighted by Crippen LogP contribution is -2.30. The van der Waals surface area contributed by atoms with Crippen molar-refractivity contribution in [3.8, 4) is 0 Å². The van der Waals surface area contributed by atoms with E-state index in [1.165, 1.54) is 5.43 Å². The molecule has 98 valence electrons. The Bertz CT molecular complexity index is 505. The normalized spacial score (nSPS) is 10.1. The van der Waals surface area contributed by atoms with E-state index >= 15 is 0 Å². The maximum absolute atomic E-state index is 13.1. The molecule has 0 aliphatic rings. The molecule has 0 spiro atoms. The van der Waals surface area contributed by atoms with Gasteiger partial charge in [0.1, 0.15) is 5.69 Å². The van der Waals surface area contributed by atoms with Crippen molar-refractivity contribution < 1.29 is 26.7 Å². The molecule has 0 saturated carbocycles. The third-order valence-electron chi connectivity index (χ3n) is 1.76. The second-order valence-electron chi connectivity index (χ2n) is 2.93. The van der Waals surface area contributed by atoms with Crippen LogP contribution < -0.4 is 10.9 Å². The fourth-order valence-electron chi connectivity index (χ4n) is 0.902. The first-order valence-corrected chi connectivity index (χ1v) is 4.57. The molecule has 3 nitrogen and oxygen atoms in total. The molecule has 1 amide bonds. The summed E-state index contributed by atoms with van der Waals surface area (Å²) in [6.45, 7) is 2.98. The maximum atomic E-state index is 13.1. The number of carbonyl (C=O) groups excluding carboxylic acids is 1. The first kappa shape index (κ1) is 14.2. The average Bonchev–Trinajstić information content (AvgIpc) is 2.33. The largest absolute Gasteiger partial charge is 0.293 e. The summed E-state index contributed by atoms with van der Waals surface area (Å²) in [5.41, 5.74) is 1.72. The smallest absolute Gasteiger partial charge is 0.280 e. The number of amides is 1. The summed E-state index contributed by atoms with van der Waals surface area (Å²) in [4.78, 5) is 10.9. The minimum absolute atomic E-state index is 0.550. The van der Waals surface area contributed by atoms with Gasteiger partial charge in [-0.15, -0.1) is 0 Å². The van der Waals surface area contributed by atoms with Crippen LogP contribution in [0.4, 0.5) is 27.6 Å². The summed E-state index contributed by atoms with van der Waals surface area (Å²) < 4.78 is 64.2. The molecular weight excluding hydrogens is 283 g/mol. The van der Waals surface area contributed by atoms with Crippen LogP contribution in [-0.4, -0.2) is 5.91 Å². The van der Waals surface area contributed by atoms with Gasteiger partial charge >= 0.3 is 0 Å². The Hall–Kier alpha value is -1.83. The van der Waals surface area contributed by atoms with Gasteiger partial charge in [-0.05, 0) is 0 Å². The molecule has 1 rings (SSSR count). The molecule has 0 unspecified atom stereocenters. The van der Waals surface area contributed by atoms with Gasteiger partial charge in [0.25, 0.3) is 5.91 Å². The molecule has 9 heteroatoms. The van der Waals surface area contributed by atoms with Crippen LogP contribution in [0.3, 0.4) is 0 Å². The Kier molecular flexibility index (Phi) is 4.12. The number of rotatable bonds is 3. The molecule has 0 bridgehead atoms. The van der Waals surface area contributed by atoms with Crippen molar-refractivity contribution in [3.05, 3.63) is 40.7 Å². The Morgan fingerprint density at radius 2 is 1.33 bits per heavy atom. The van der Waals surface area contributed by atoms with Crippen LogP contribution >= 0.6 is 11.6 Å². The van der Waals surface area contributed by atoms with Gasteiger partial charge in [-0.3, -0.25) is 15.6 Å². The van der Waals surface area contributed by atoms with Crippen molar-refractivity contribution in [2.45, 2.75) is 0 Å². The molecule has 0 radical (unpaired) electrons. The summed E-state index contributed by atoms with van der Waals surface area (Å²) >= 11 is 5.12. The van der Waals surface area contributed by atoms with Gasteiger partial charge in [0, 0.05) is 0 Å². The quantitative estimate of drug-likeness (QED) is 0.295. The molecule has 0 aliphatic heterocycles. The molecule has 1 aromatic rings. The van der Waals surface area contributed by atoms with E-state index in [2.05, 4.69) is 6.58 Å². The Morgan fingerprint density at radius 1 is 0.944 bits per heavy atom. The van der Waals surface area contributed by atoms with E-state index in [0.29, 0.717) is 0 Å². The number of hydrazine groups is 1. The highest BCUT2D eigenvalue weighted by molar-refractivity contribution is 6.41. The first-order chi connectivity index (χ1) is 8.27. The van der Waals surface area contributed by atoms with Crippen LogP contribution in [0.5, 0.6) is 0 Å². The summed E-state index contributed by atoms with van der Waals surface area (Å²) in [7, 11) is 0. The molecule has 0 saturated heterocycles. The number of hydrogen-bond acceptors (Lipinski definition) is 2. The number of carbonyl (C=O) groups is 1. The average molecular weight is 287 g/mol. The molecule has 18 heavy (non-hydrogen) atoms. The van der Waals surface area contributed by atoms with E-state index < -0.39 is 45.7 Å². The van der Waals surface area contributed by atoms with E-state index in [9.17, 15) is 26.7 Å². The molecule has 0 heterocycles.